The van der Waals surface area contributed by atoms with Gasteiger partial charge in [-0.3, -0.25) is 9.10 Å². The monoisotopic (exact) mass is 551 g/mol. The number of aromatic nitrogens is 1. The van der Waals surface area contributed by atoms with Gasteiger partial charge >= 0.3 is 0 Å². The van der Waals surface area contributed by atoms with Crippen LogP contribution in [0.5, 0.6) is 5.75 Å². The van der Waals surface area contributed by atoms with E-state index in [1.165, 1.54) is 39.9 Å². The van der Waals surface area contributed by atoms with Gasteiger partial charge in [-0.25, -0.2) is 8.42 Å². The number of fused-ring (bicyclic) bond motifs is 2. The van der Waals surface area contributed by atoms with Crippen molar-refractivity contribution in [2.24, 2.45) is 4.99 Å². The summed E-state index contributed by atoms with van der Waals surface area (Å²) >= 11 is 1.39. The lowest BCUT2D eigenvalue weighted by Gasteiger charge is -2.30. The number of para-hydroxylation sites is 1. The Labute approximate surface area is 225 Å². The van der Waals surface area contributed by atoms with Crippen LogP contribution in [-0.4, -0.2) is 45.8 Å². The third-order valence-corrected chi connectivity index (χ3v) is 9.31. The van der Waals surface area contributed by atoms with Gasteiger partial charge in [0.05, 0.1) is 34.0 Å². The number of rotatable bonds is 8. The normalized spacial score (nSPS) is 14.1. The number of hydrogen-bond acceptors (Lipinski definition) is 6. The zero-order valence-corrected chi connectivity index (χ0v) is 22.9. The smallest absolute Gasteiger partial charge is 0.279 e. The van der Waals surface area contributed by atoms with Gasteiger partial charge in [-0.15, -0.1) is 0 Å². The van der Waals surface area contributed by atoms with Gasteiger partial charge in [0.25, 0.3) is 15.9 Å². The van der Waals surface area contributed by atoms with Crippen molar-refractivity contribution in [2.75, 3.05) is 31.2 Å². The molecule has 1 aliphatic heterocycles. The summed E-state index contributed by atoms with van der Waals surface area (Å²) in [6, 6.07) is 19.4. The Morgan fingerprint density at radius 1 is 1.08 bits per heavy atom. The van der Waals surface area contributed by atoms with E-state index in [4.69, 9.17) is 9.47 Å². The van der Waals surface area contributed by atoms with Crippen LogP contribution in [0.3, 0.4) is 0 Å². The second-order valence-electron chi connectivity index (χ2n) is 8.84. The molecule has 0 saturated carbocycles. The Balaban J connectivity index is 1.45. The average Bonchev–Trinajstić information content (AvgIpc) is 3.27. The quantitative estimate of drug-likeness (QED) is 0.319. The molecule has 0 atom stereocenters. The van der Waals surface area contributed by atoms with E-state index in [1.807, 2.05) is 54.0 Å². The lowest BCUT2D eigenvalue weighted by molar-refractivity contribution is 0.0997. The summed E-state index contributed by atoms with van der Waals surface area (Å²) in [5, 5.41) is 0. The number of sulfonamides is 1. The van der Waals surface area contributed by atoms with Gasteiger partial charge in [-0.2, -0.15) is 4.99 Å². The van der Waals surface area contributed by atoms with Crippen molar-refractivity contribution in [2.45, 2.75) is 31.2 Å². The summed E-state index contributed by atoms with van der Waals surface area (Å²) in [5.74, 6) is 0.311. The highest BCUT2D eigenvalue weighted by atomic mass is 32.2. The molecule has 4 aromatic rings. The maximum Gasteiger partial charge on any atom is 0.279 e. The molecule has 38 heavy (non-hydrogen) atoms. The predicted molar refractivity (Wildman–Crippen MR) is 148 cm³/mol. The van der Waals surface area contributed by atoms with Gasteiger partial charge in [0, 0.05) is 25.8 Å². The van der Waals surface area contributed by atoms with Crippen LogP contribution in [0.25, 0.3) is 10.2 Å². The number of nitrogens with zero attached hydrogens (tertiary/aromatic N) is 3. The Bertz CT molecular complexity index is 1640. The molecule has 0 unspecified atom stereocenters. The summed E-state index contributed by atoms with van der Waals surface area (Å²) < 4.78 is 42.1. The second-order valence-corrected chi connectivity index (χ2v) is 11.7. The molecule has 3 aromatic carbocycles. The number of aryl methyl sites for hydroxylation is 1. The van der Waals surface area contributed by atoms with Gasteiger partial charge in [0.15, 0.2) is 4.80 Å². The first-order chi connectivity index (χ1) is 18.4. The molecule has 0 fully saturated rings. The Hall–Kier alpha value is -3.47. The first-order valence-corrected chi connectivity index (χ1v) is 14.7. The van der Waals surface area contributed by atoms with Crippen LogP contribution < -0.4 is 13.8 Å². The van der Waals surface area contributed by atoms with Crippen LogP contribution in [0, 0.1) is 0 Å². The van der Waals surface area contributed by atoms with Crippen molar-refractivity contribution >= 4 is 43.2 Å². The minimum atomic E-state index is -3.76. The van der Waals surface area contributed by atoms with Crippen LogP contribution in [-0.2, 0) is 27.7 Å². The zero-order valence-electron chi connectivity index (χ0n) is 21.3. The third-order valence-electron chi connectivity index (χ3n) is 6.44. The number of methoxy groups -OCH3 is 1. The molecule has 5 rings (SSSR count). The minimum Gasteiger partial charge on any atom is -0.494 e. The summed E-state index contributed by atoms with van der Waals surface area (Å²) in [7, 11) is -2.13. The van der Waals surface area contributed by atoms with E-state index in [2.05, 4.69) is 4.99 Å². The molecule has 0 saturated heterocycles. The molecule has 198 valence electrons. The number of carbonyl (C=O) groups is 1. The maximum atomic E-state index is 13.4. The van der Waals surface area contributed by atoms with Gasteiger partial charge < -0.3 is 14.0 Å². The molecule has 1 aromatic heterocycles. The highest BCUT2D eigenvalue weighted by molar-refractivity contribution is 7.92. The number of amides is 1. The van der Waals surface area contributed by atoms with Crippen LogP contribution in [0.1, 0.15) is 29.3 Å². The summed E-state index contributed by atoms with van der Waals surface area (Å²) in [6.45, 7) is 3.91. The molecule has 8 nitrogen and oxygen atoms in total. The average molecular weight is 552 g/mol. The first-order valence-electron chi connectivity index (χ1n) is 12.5. The van der Waals surface area contributed by atoms with Crippen molar-refractivity contribution in [3.8, 4) is 5.75 Å². The fourth-order valence-electron chi connectivity index (χ4n) is 4.59. The summed E-state index contributed by atoms with van der Waals surface area (Å²) in [5.41, 5.74) is 2.98. The maximum absolute atomic E-state index is 13.4. The number of hydrogen-bond donors (Lipinski definition) is 0. The second kappa shape index (κ2) is 11.1. The van der Waals surface area contributed by atoms with Gasteiger partial charge in [0.2, 0.25) is 0 Å². The highest BCUT2D eigenvalue weighted by Gasteiger charge is 2.29. The molecule has 1 amide bonds. The third kappa shape index (κ3) is 5.11. The Morgan fingerprint density at radius 2 is 1.87 bits per heavy atom. The molecular weight excluding hydrogens is 522 g/mol. The van der Waals surface area contributed by atoms with Gasteiger partial charge in [-0.05, 0) is 73.9 Å². The largest absolute Gasteiger partial charge is 0.494 e. The molecule has 0 N–H and O–H groups in total. The van der Waals surface area contributed by atoms with Crippen molar-refractivity contribution in [3.63, 3.8) is 0 Å². The van der Waals surface area contributed by atoms with E-state index in [9.17, 15) is 13.2 Å². The van der Waals surface area contributed by atoms with Crippen molar-refractivity contribution in [1.82, 2.24) is 4.57 Å². The number of carbonyl (C=O) groups excluding carboxylic acids is 1. The molecule has 0 radical (unpaired) electrons. The zero-order chi connectivity index (χ0) is 26.7. The van der Waals surface area contributed by atoms with E-state index in [1.54, 1.807) is 7.11 Å². The summed E-state index contributed by atoms with van der Waals surface area (Å²) in [4.78, 5) is 18.2. The predicted octanol–water partition coefficient (Wildman–Crippen LogP) is 4.63. The highest BCUT2D eigenvalue weighted by Crippen LogP contribution is 2.32. The number of anilines is 1. The van der Waals surface area contributed by atoms with Gasteiger partial charge in [0.1, 0.15) is 5.75 Å². The minimum absolute atomic E-state index is 0.145. The van der Waals surface area contributed by atoms with Crippen LogP contribution in [0.4, 0.5) is 5.69 Å². The van der Waals surface area contributed by atoms with E-state index in [0.717, 1.165) is 34.4 Å². The molecular formula is C28H29N3O5S2. The van der Waals surface area contributed by atoms with Crippen molar-refractivity contribution in [1.29, 1.82) is 0 Å². The fourth-order valence-corrected chi connectivity index (χ4v) is 7.21. The Morgan fingerprint density at radius 3 is 2.63 bits per heavy atom. The number of thiazole rings is 1. The molecule has 1 aliphatic rings. The molecule has 2 heterocycles. The van der Waals surface area contributed by atoms with E-state index in [0.29, 0.717) is 42.4 Å². The van der Waals surface area contributed by atoms with Crippen LogP contribution in [0.2, 0.25) is 0 Å². The van der Waals surface area contributed by atoms with E-state index >= 15 is 0 Å². The van der Waals surface area contributed by atoms with Crippen LogP contribution in [0.15, 0.2) is 76.6 Å². The summed E-state index contributed by atoms with van der Waals surface area (Å²) in [6.07, 6.45) is 1.61. The van der Waals surface area contributed by atoms with E-state index < -0.39 is 15.9 Å². The number of benzene rings is 3. The topological polar surface area (TPSA) is 90.2 Å². The van der Waals surface area contributed by atoms with Crippen molar-refractivity contribution < 1.29 is 22.7 Å². The van der Waals surface area contributed by atoms with E-state index in [-0.39, 0.29) is 4.90 Å². The lowest BCUT2D eigenvalue weighted by Crippen LogP contribution is -2.35. The molecule has 0 aliphatic carbocycles. The standard InChI is InChI=1S/C28H29N3O5S2/c1-3-36-22-12-15-25-26(19-22)37-28(30(25)17-18-35-2)29-27(32)21-10-13-23(14-11-21)38(33,34)31-16-6-8-20-7-4-5-9-24(20)31/h4-5,7,9-15,19H,3,6,8,16-18H2,1-2H3. The molecule has 10 heteroatoms. The first kappa shape index (κ1) is 26.1. The van der Waals surface area contributed by atoms with Gasteiger partial charge in [-0.1, -0.05) is 29.5 Å². The van der Waals surface area contributed by atoms with Crippen LogP contribution >= 0.6 is 11.3 Å². The number of ether oxygens (including phenoxy) is 2. The molecule has 0 spiro atoms. The SMILES string of the molecule is CCOc1ccc2c(c1)sc(=NC(=O)c1ccc(S(=O)(=O)N3CCCc4ccccc43)cc1)n2CCOC. The molecule has 0 bridgehead atoms. The fraction of sp³-hybridized carbons (Fsp3) is 0.286. The lowest BCUT2D eigenvalue weighted by atomic mass is 10.0. The Kier molecular flexibility index (Phi) is 7.64. The van der Waals surface area contributed by atoms with Crippen molar-refractivity contribution in [3.05, 3.63) is 82.7 Å².